The molecule has 1 aliphatic heterocycles. The molecule has 3 aromatic carbocycles. The number of para-hydroxylation sites is 1. The van der Waals surface area contributed by atoms with Crippen LogP contribution in [-0.4, -0.2) is 38.2 Å². The maximum absolute atomic E-state index is 13.7. The average molecular weight is 540 g/mol. The number of carbonyl (C=O) groups is 1. The van der Waals surface area contributed by atoms with Crippen LogP contribution in [-0.2, 0) is 6.42 Å². The molecule has 9 heteroatoms. The lowest BCUT2D eigenvalue weighted by molar-refractivity contribution is 0.0590. The second-order valence-corrected chi connectivity index (χ2v) is 9.38. The Balaban J connectivity index is 1.57. The predicted octanol–water partition coefficient (Wildman–Crippen LogP) is 5.94. The Morgan fingerprint density at radius 3 is 2.51 bits per heavy atom. The van der Waals surface area contributed by atoms with Crippen LogP contribution in [0.5, 0.6) is 17.2 Å². The minimum Gasteiger partial charge on any atom is -0.493 e. The van der Waals surface area contributed by atoms with Crippen LogP contribution in [0.1, 0.15) is 27.5 Å². The number of ether oxygens (including phenoxy) is 3. The molecule has 0 N–H and O–H groups in total. The van der Waals surface area contributed by atoms with E-state index in [1.54, 1.807) is 49.5 Å². The van der Waals surface area contributed by atoms with Crippen LogP contribution < -0.4 is 19.8 Å². The molecule has 0 bridgehead atoms. The summed E-state index contributed by atoms with van der Waals surface area (Å²) in [6.07, 6.45) is 0.598. The Kier molecular flexibility index (Phi) is 7.00. The molecule has 190 valence electrons. The van der Waals surface area contributed by atoms with Crippen molar-refractivity contribution in [2.75, 3.05) is 27.4 Å². The average Bonchev–Trinajstić information content (AvgIpc) is 2.90. The number of fused-ring (bicyclic) bond motifs is 2. The van der Waals surface area contributed by atoms with Crippen LogP contribution in [0.2, 0.25) is 10.0 Å². The molecule has 7 nitrogen and oxygen atoms in total. The highest BCUT2D eigenvalue weighted by atomic mass is 35.5. The van der Waals surface area contributed by atoms with Gasteiger partial charge in [-0.1, -0.05) is 35.3 Å². The highest BCUT2D eigenvalue weighted by Crippen LogP contribution is 2.40. The second kappa shape index (κ2) is 10.4. The molecule has 1 unspecified atom stereocenters. The second-order valence-electron chi connectivity index (χ2n) is 8.53. The van der Waals surface area contributed by atoms with Gasteiger partial charge in [-0.2, -0.15) is 0 Å². The van der Waals surface area contributed by atoms with E-state index in [9.17, 15) is 9.59 Å². The van der Waals surface area contributed by atoms with Crippen molar-refractivity contribution in [2.24, 2.45) is 0 Å². The molecule has 2 heterocycles. The normalized spacial score (nSPS) is 14.8. The fourth-order valence-electron chi connectivity index (χ4n) is 4.64. The van der Waals surface area contributed by atoms with Gasteiger partial charge >= 0.3 is 5.63 Å². The molecule has 0 radical (unpaired) electrons. The molecule has 0 saturated heterocycles. The molecular formula is C28H23Cl2NO6. The monoisotopic (exact) mass is 539 g/mol. The van der Waals surface area contributed by atoms with Crippen molar-refractivity contribution in [2.45, 2.75) is 12.5 Å². The number of carbonyl (C=O) groups excluding carboxylic acids is 1. The van der Waals surface area contributed by atoms with E-state index >= 15 is 0 Å². The Morgan fingerprint density at radius 2 is 1.76 bits per heavy atom. The molecule has 1 aromatic heterocycles. The van der Waals surface area contributed by atoms with Crippen LogP contribution in [0, 0.1) is 0 Å². The summed E-state index contributed by atoms with van der Waals surface area (Å²) in [5.74, 6) is 1.26. The number of nitrogens with zero attached hydrogens (tertiary/aromatic N) is 1. The van der Waals surface area contributed by atoms with E-state index in [0.717, 1.165) is 11.1 Å². The van der Waals surface area contributed by atoms with E-state index in [4.69, 9.17) is 41.8 Å². The highest BCUT2D eigenvalue weighted by molar-refractivity contribution is 6.36. The van der Waals surface area contributed by atoms with Gasteiger partial charge in [-0.05, 0) is 60.0 Å². The van der Waals surface area contributed by atoms with Gasteiger partial charge in [-0.3, -0.25) is 4.79 Å². The van der Waals surface area contributed by atoms with Crippen molar-refractivity contribution in [3.63, 3.8) is 0 Å². The summed E-state index contributed by atoms with van der Waals surface area (Å²) in [6.45, 7) is 0.499. The summed E-state index contributed by atoms with van der Waals surface area (Å²) in [7, 11) is 3.14. The minimum absolute atomic E-state index is 0.0763. The van der Waals surface area contributed by atoms with Crippen molar-refractivity contribution in [1.82, 2.24) is 4.90 Å². The Hall–Kier alpha value is -3.68. The van der Waals surface area contributed by atoms with Gasteiger partial charge in [0, 0.05) is 11.6 Å². The van der Waals surface area contributed by atoms with Gasteiger partial charge in [0.1, 0.15) is 17.9 Å². The number of amides is 1. The van der Waals surface area contributed by atoms with Crippen molar-refractivity contribution in [3.8, 4) is 17.2 Å². The lowest BCUT2D eigenvalue weighted by Gasteiger charge is -2.38. The Morgan fingerprint density at radius 1 is 1.00 bits per heavy atom. The number of methoxy groups -OCH3 is 2. The first-order valence-electron chi connectivity index (χ1n) is 11.6. The Labute approximate surface area is 223 Å². The Bertz CT molecular complexity index is 1550. The van der Waals surface area contributed by atoms with Crippen molar-refractivity contribution >= 4 is 40.1 Å². The highest BCUT2D eigenvalue weighted by Gasteiger charge is 2.34. The van der Waals surface area contributed by atoms with E-state index in [0.29, 0.717) is 51.8 Å². The molecule has 1 aliphatic rings. The zero-order valence-electron chi connectivity index (χ0n) is 20.1. The number of benzene rings is 3. The van der Waals surface area contributed by atoms with Crippen molar-refractivity contribution < 1.29 is 23.4 Å². The first-order chi connectivity index (χ1) is 17.9. The topological polar surface area (TPSA) is 78.2 Å². The van der Waals surface area contributed by atoms with Crippen LogP contribution in [0.15, 0.2) is 69.9 Å². The molecule has 5 rings (SSSR count). The third kappa shape index (κ3) is 4.84. The van der Waals surface area contributed by atoms with Gasteiger partial charge < -0.3 is 23.5 Å². The molecule has 1 amide bonds. The van der Waals surface area contributed by atoms with Crippen LogP contribution in [0.25, 0.3) is 11.0 Å². The number of halogens is 2. The quantitative estimate of drug-likeness (QED) is 0.282. The van der Waals surface area contributed by atoms with E-state index in [1.165, 1.54) is 6.07 Å². The molecule has 0 fully saturated rings. The SMILES string of the molecule is COc1cc2c(cc1OC)C(COc1cc(=O)oc3ccccc13)N(C(=O)c1ccc(Cl)cc1Cl)CC2. The van der Waals surface area contributed by atoms with Gasteiger partial charge in [0.15, 0.2) is 11.5 Å². The van der Waals surface area contributed by atoms with Gasteiger partial charge in [-0.15, -0.1) is 0 Å². The van der Waals surface area contributed by atoms with E-state index in [1.807, 2.05) is 24.3 Å². The first-order valence-corrected chi connectivity index (χ1v) is 12.3. The number of rotatable bonds is 6. The summed E-state index contributed by atoms with van der Waals surface area (Å²) in [5.41, 5.74) is 2.10. The minimum atomic E-state index is -0.523. The van der Waals surface area contributed by atoms with Crippen LogP contribution >= 0.6 is 23.2 Å². The third-order valence-corrected chi connectivity index (χ3v) is 6.98. The predicted molar refractivity (Wildman–Crippen MR) is 141 cm³/mol. The summed E-state index contributed by atoms with van der Waals surface area (Å²) in [4.78, 5) is 27.6. The summed E-state index contributed by atoms with van der Waals surface area (Å²) < 4.78 is 22.5. The fourth-order valence-corrected chi connectivity index (χ4v) is 5.13. The summed E-state index contributed by atoms with van der Waals surface area (Å²) >= 11 is 12.4. The van der Waals surface area contributed by atoms with Gasteiger partial charge in [0.25, 0.3) is 5.91 Å². The molecule has 4 aromatic rings. The molecule has 0 aliphatic carbocycles. The van der Waals surface area contributed by atoms with Crippen molar-refractivity contribution in [1.29, 1.82) is 0 Å². The summed E-state index contributed by atoms with van der Waals surface area (Å²) in [6, 6.07) is 16.5. The fraction of sp³-hybridized carbons (Fsp3) is 0.214. The van der Waals surface area contributed by atoms with E-state index < -0.39 is 11.7 Å². The molecule has 0 spiro atoms. The van der Waals surface area contributed by atoms with Gasteiger partial charge in [0.05, 0.1) is 42.3 Å². The van der Waals surface area contributed by atoms with Gasteiger partial charge in [0.2, 0.25) is 0 Å². The molecule has 0 saturated carbocycles. The zero-order valence-corrected chi connectivity index (χ0v) is 21.6. The third-order valence-electron chi connectivity index (χ3n) is 6.43. The largest absolute Gasteiger partial charge is 0.493 e. The maximum Gasteiger partial charge on any atom is 0.339 e. The van der Waals surface area contributed by atoms with Crippen molar-refractivity contribution in [3.05, 3.63) is 97.8 Å². The summed E-state index contributed by atoms with van der Waals surface area (Å²) in [5, 5.41) is 1.36. The first kappa shape index (κ1) is 25.0. The van der Waals surface area contributed by atoms with E-state index in [-0.39, 0.29) is 17.5 Å². The van der Waals surface area contributed by atoms with E-state index in [2.05, 4.69) is 0 Å². The zero-order chi connectivity index (χ0) is 26.1. The molecule has 1 atom stereocenters. The smallest absolute Gasteiger partial charge is 0.339 e. The van der Waals surface area contributed by atoms with Crippen LogP contribution in [0.4, 0.5) is 0 Å². The number of hydrogen-bond acceptors (Lipinski definition) is 6. The lowest BCUT2D eigenvalue weighted by Crippen LogP contribution is -2.42. The lowest BCUT2D eigenvalue weighted by atomic mass is 9.91. The number of hydrogen-bond donors (Lipinski definition) is 0. The van der Waals surface area contributed by atoms with Gasteiger partial charge in [-0.25, -0.2) is 4.79 Å². The van der Waals surface area contributed by atoms with Crippen LogP contribution in [0.3, 0.4) is 0 Å². The molecule has 37 heavy (non-hydrogen) atoms. The molecular weight excluding hydrogens is 517 g/mol. The maximum atomic E-state index is 13.7. The standard InChI is InChI=1S/C28H23Cl2NO6/c1-34-25-11-16-9-10-31(28(33)18-8-7-17(29)12-21(18)30)22(20(16)13-26(25)35-2)15-36-24-14-27(32)37-23-6-4-3-5-19(23)24/h3-8,11-14,22H,9-10,15H2,1-2H3.